The van der Waals surface area contributed by atoms with Crippen LogP contribution >= 0.6 is 11.3 Å². The Morgan fingerprint density at radius 3 is 2.52 bits per heavy atom. The van der Waals surface area contributed by atoms with Crippen LogP contribution in [0.3, 0.4) is 0 Å². The van der Waals surface area contributed by atoms with Gasteiger partial charge in [-0.2, -0.15) is 0 Å². The average molecular weight is 375 g/mol. The van der Waals surface area contributed by atoms with Gasteiger partial charge >= 0.3 is 0 Å². The van der Waals surface area contributed by atoms with E-state index in [4.69, 9.17) is 4.98 Å². The molecule has 2 heterocycles. The van der Waals surface area contributed by atoms with Crippen LogP contribution in [0.5, 0.6) is 0 Å². The lowest BCUT2D eigenvalue weighted by Crippen LogP contribution is -2.25. The van der Waals surface area contributed by atoms with Crippen LogP contribution < -0.4 is 10.9 Å². The van der Waals surface area contributed by atoms with E-state index in [1.807, 2.05) is 60.8 Å². The van der Waals surface area contributed by atoms with Crippen molar-refractivity contribution in [2.45, 2.75) is 19.4 Å². The summed E-state index contributed by atoms with van der Waals surface area (Å²) in [5.41, 5.74) is 3.20. The molecule has 2 N–H and O–H groups in total. The topological polar surface area (TPSA) is 57.8 Å². The smallest absolute Gasteiger partial charge is 0.260 e. The number of hydrogen-bond donors (Lipinski definition) is 2. The fourth-order valence-electron chi connectivity index (χ4n) is 3.18. The van der Waals surface area contributed by atoms with Gasteiger partial charge in [0.2, 0.25) is 0 Å². The van der Waals surface area contributed by atoms with E-state index < -0.39 is 0 Å². The zero-order valence-corrected chi connectivity index (χ0v) is 15.9. The van der Waals surface area contributed by atoms with Gasteiger partial charge in [-0.05, 0) is 31.0 Å². The SMILES string of the molecule is C[C@H](NCCc1ccccc1)c1nc2scc(-c3ccccc3)c2c(=O)[nH]1. The minimum absolute atomic E-state index is 0.0203. The second-order valence-electron chi connectivity index (χ2n) is 6.56. The largest absolute Gasteiger partial charge is 0.309 e. The van der Waals surface area contributed by atoms with E-state index in [9.17, 15) is 4.79 Å². The van der Waals surface area contributed by atoms with E-state index in [0.29, 0.717) is 11.2 Å². The second-order valence-corrected chi connectivity index (χ2v) is 7.42. The predicted molar refractivity (Wildman–Crippen MR) is 112 cm³/mol. The van der Waals surface area contributed by atoms with E-state index in [-0.39, 0.29) is 11.6 Å². The Bertz CT molecular complexity index is 1090. The Hall–Kier alpha value is -2.76. The van der Waals surface area contributed by atoms with Crippen LogP contribution in [-0.4, -0.2) is 16.5 Å². The Morgan fingerprint density at radius 2 is 1.78 bits per heavy atom. The molecule has 27 heavy (non-hydrogen) atoms. The number of rotatable bonds is 6. The molecule has 2 aromatic carbocycles. The number of nitrogens with one attached hydrogen (secondary N) is 2. The number of benzene rings is 2. The van der Waals surface area contributed by atoms with Crippen molar-refractivity contribution in [1.82, 2.24) is 15.3 Å². The number of thiophene rings is 1. The van der Waals surface area contributed by atoms with Gasteiger partial charge in [-0.15, -0.1) is 11.3 Å². The van der Waals surface area contributed by atoms with Crippen LogP contribution in [0.1, 0.15) is 24.4 Å². The number of nitrogens with zero attached hydrogens (tertiary/aromatic N) is 1. The Balaban J connectivity index is 1.54. The molecule has 0 saturated heterocycles. The van der Waals surface area contributed by atoms with Gasteiger partial charge in [0.05, 0.1) is 11.4 Å². The lowest BCUT2D eigenvalue weighted by atomic mass is 10.1. The highest BCUT2D eigenvalue weighted by atomic mass is 32.1. The van der Waals surface area contributed by atoms with Crippen LogP contribution in [0.15, 0.2) is 70.8 Å². The van der Waals surface area contributed by atoms with E-state index in [2.05, 4.69) is 22.4 Å². The van der Waals surface area contributed by atoms with Crippen LogP contribution in [0, 0.1) is 0 Å². The molecule has 0 saturated carbocycles. The van der Waals surface area contributed by atoms with Gasteiger partial charge in [-0.3, -0.25) is 4.79 Å². The van der Waals surface area contributed by atoms with Gasteiger partial charge in [0, 0.05) is 10.9 Å². The lowest BCUT2D eigenvalue weighted by Gasteiger charge is -2.13. The molecular formula is C22H21N3OS. The molecular weight excluding hydrogens is 354 g/mol. The van der Waals surface area contributed by atoms with Crippen molar-refractivity contribution in [1.29, 1.82) is 0 Å². The van der Waals surface area contributed by atoms with Crippen molar-refractivity contribution < 1.29 is 0 Å². The van der Waals surface area contributed by atoms with Gasteiger partial charge in [0.1, 0.15) is 10.7 Å². The maximum absolute atomic E-state index is 12.7. The molecule has 4 rings (SSSR count). The molecule has 0 bridgehead atoms. The quantitative estimate of drug-likeness (QED) is 0.520. The van der Waals surface area contributed by atoms with Gasteiger partial charge in [0.15, 0.2) is 0 Å². The maximum Gasteiger partial charge on any atom is 0.260 e. The average Bonchev–Trinajstić information content (AvgIpc) is 3.14. The van der Waals surface area contributed by atoms with E-state index in [1.165, 1.54) is 16.9 Å². The second kappa shape index (κ2) is 7.86. The molecule has 4 nitrogen and oxygen atoms in total. The van der Waals surface area contributed by atoms with Gasteiger partial charge in [0.25, 0.3) is 5.56 Å². The van der Waals surface area contributed by atoms with Crippen LogP contribution in [0.4, 0.5) is 0 Å². The fraction of sp³-hybridized carbons (Fsp3) is 0.182. The van der Waals surface area contributed by atoms with Gasteiger partial charge in [-0.1, -0.05) is 60.7 Å². The first-order chi connectivity index (χ1) is 13.2. The summed E-state index contributed by atoms with van der Waals surface area (Å²) in [5, 5.41) is 6.14. The summed E-state index contributed by atoms with van der Waals surface area (Å²) < 4.78 is 0. The van der Waals surface area contributed by atoms with Gasteiger partial charge < -0.3 is 10.3 Å². The van der Waals surface area contributed by atoms with Crippen molar-refractivity contribution >= 4 is 21.6 Å². The van der Waals surface area contributed by atoms with E-state index in [1.54, 1.807) is 0 Å². The third kappa shape index (κ3) is 3.84. The Labute approximate surface area is 161 Å². The summed E-state index contributed by atoms with van der Waals surface area (Å²) in [6, 6.07) is 20.3. The molecule has 136 valence electrons. The molecule has 0 aliphatic heterocycles. The van der Waals surface area contributed by atoms with Crippen molar-refractivity contribution in [2.24, 2.45) is 0 Å². The van der Waals surface area contributed by atoms with E-state index >= 15 is 0 Å². The zero-order valence-electron chi connectivity index (χ0n) is 15.1. The van der Waals surface area contributed by atoms with Crippen molar-refractivity contribution in [3.05, 3.63) is 87.8 Å². The predicted octanol–water partition coefficient (Wildman–Crippen LogP) is 4.54. The standard InChI is InChI=1S/C22H21N3OS/c1-15(23-13-12-16-8-4-2-5-9-16)20-24-21(26)19-18(14-27-22(19)25-20)17-10-6-3-7-11-17/h2-11,14-15,23H,12-13H2,1H3,(H,24,25,26)/t15-/m0/s1. The maximum atomic E-state index is 12.7. The summed E-state index contributed by atoms with van der Waals surface area (Å²) in [5.74, 6) is 0.682. The normalized spacial score (nSPS) is 12.3. The van der Waals surface area contributed by atoms with E-state index in [0.717, 1.165) is 28.9 Å². The minimum atomic E-state index is -0.0770. The minimum Gasteiger partial charge on any atom is -0.309 e. The molecule has 0 unspecified atom stereocenters. The van der Waals surface area contributed by atoms with Crippen molar-refractivity contribution in [3.8, 4) is 11.1 Å². The number of hydrogen-bond acceptors (Lipinski definition) is 4. The number of H-pyrrole nitrogens is 1. The molecule has 0 aliphatic rings. The van der Waals surface area contributed by atoms with Crippen LogP contribution in [-0.2, 0) is 6.42 Å². The fourth-order valence-corrected chi connectivity index (χ4v) is 4.13. The van der Waals surface area contributed by atoms with Crippen LogP contribution in [0.2, 0.25) is 0 Å². The third-order valence-electron chi connectivity index (χ3n) is 4.66. The summed E-state index contributed by atoms with van der Waals surface area (Å²) >= 11 is 1.52. The molecule has 5 heteroatoms. The molecule has 0 radical (unpaired) electrons. The molecule has 0 spiro atoms. The molecule has 0 fully saturated rings. The van der Waals surface area contributed by atoms with Crippen molar-refractivity contribution in [3.63, 3.8) is 0 Å². The molecule has 1 atom stereocenters. The first-order valence-electron chi connectivity index (χ1n) is 9.06. The summed E-state index contributed by atoms with van der Waals surface area (Å²) in [4.78, 5) is 21.2. The zero-order chi connectivity index (χ0) is 18.6. The Morgan fingerprint density at radius 1 is 1.07 bits per heavy atom. The highest BCUT2D eigenvalue weighted by molar-refractivity contribution is 7.17. The van der Waals surface area contributed by atoms with Crippen molar-refractivity contribution in [2.75, 3.05) is 6.54 Å². The highest BCUT2D eigenvalue weighted by Gasteiger charge is 2.15. The first kappa shape index (κ1) is 17.6. The van der Waals surface area contributed by atoms with Crippen LogP contribution in [0.25, 0.3) is 21.3 Å². The number of fused-ring (bicyclic) bond motifs is 1. The molecule has 0 aliphatic carbocycles. The summed E-state index contributed by atoms with van der Waals surface area (Å²) in [6.07, 6.45) is 0.939. The third-order valence-corrected chi connectivity index (χ3v) is 5.54. The Kier molecular flexibility index (Phi) is 5.14. The number of aromatic amines is 1. The molecule has 2 aromatic heterocycles. The monoisotopic (exact) mass is 375 g/mol. The lowest BCUT2D eigenvalue weighted by molar-refractivity contribution is 0.550. The molecule has 0 amide bonds. The molecule has 4 aromatic rings. The first-order valence-corrected chi connectivity index (χ1v) is 9.94. The van der Waals surface area contributed by atoms with Gasteiger partial charge in [-0.25, -0.2) is 4.98 Å². The summed E-state index contributed by atoms with van der Waals surface area (Å²) in [6.45, 7) is 2.85. The summed E-state index contributed by atoms with van der Waals surface area (Å²) in [7, 11) is 0. The highest BCUT2D eigenvalue weighted by Crippen LogP contribution is 2.30. The number of aromatic nitrogens is 2.